The molecule has 25 heavy (non-hydrogen) atoms. The summed E-state index contributed by atoms with van der Waals surface area (Å²) in [6.45, 7) is 5.28. The Balaban J connectivity index is 1.34. The number of rotatable bonds is 5. The number of hydrogen-bond acceptors (Lipinski definition) is 5. The van der Waals surface area contributed by atoms with Crippen LogP contribution in [0.25, 0.3) is 0 Å². The van der Waals surface area contributed by atoms with Crippen LogP contribution in [0.3, 0.4) is 0 Å². The van der Waals surface area contributed by atoms with E-state index in [1.54, 1.807) is 6.92 Å². The van der Waals surface area contributed by atoms with Gasteiger partial charge in [-0.1, -0.05) is 31.0 Å². The number of aliphatic hydroxyl groups is 1. The zero-order chi connectivity index (χ0) is 17.2. The van der Waals surface area contributed by atoms with Crippen molar-refractivity contribution >= 4 is 11.8 Å². The fourth-order valence-corrected chi connectivity index (χ4v) is 4.96. The van der Waals surface area contributed by atoms with Crippen LogP contribution in [0.2, 0.25) is 0 Å². The van der Waals surface area contributed by atoms with Crippen molar-refractivity contribution in [2.75, 3.05) is 6.54 Å². The molecule has 1 atom stereocenters. The van der Waals surface area contributed by atoms with Gasteiger partial charge in [-0.3, -0.25) is 9.58 Å². The number of fused-ring (bicyclic) bond motifs is 1. The SMILES string of the molecule is CC(O)c1cc2n(n1)CCN(Cc1ccc(SC3CCCCC3)o1)C2. The third kappa shape index (κ3) is 4.13. The zero-order valence-corrected chi connectivity index (χ0v) is 15.7. The van der Waals surface area contributed by atoms with Gasteiger partial charge in [-0.2, -0.15) is 5.10 Å². The molecular weight excluding hydrogens is 334 g/mol. The highest BCUT2D eigenvalue weighted by Gasteiger charge is 2.21. The number of aliphatic hydroxyl groups excluding tert-OH is 1. The molecule has 0 amide bonds. The summed E-state index contributed by atoms with van der Waals surface area (Å²) in [5.74, 6) is 1.04. The third-order valence-electron chi connectivity index (χ3n) is 5.18. The first-order valence-electron chi connectivity index (χ1n) is 9.40. The molecule has 6 heteroatoms. The molecule has 5 nitrogen and oxygen atoms in total. The number of aromatic nitrogens is 2. The molecule has 0 spiro atoms. The number of hydrogen-bond donors (Lipinski definition) is 1. The fraction of sp³-hybridized carbons (Fsp3) is 0.632. The number of nitrogens with zero attached hydrogens (tertiary/aromatic N) is 3. The van der Waals surface area contributed by atoms with Crippen LogP contribution in [-0.2, 0) is 19.6 Å². The minimum atomic E-state index is -0.504. The maximum atomic E-state index is 9.70. The average molecular weight is 362 g/mol. The first-order valence-corrected chi connectivity index (χ1v) is 10.3. The van der Waals surface area contributed by atoms with Crippen LogP contribution in [0.15, 0.2) is 27.7 Å². The van der Waals surface area contributed by atoms with Gasteiger partial charge >= 0.3 is 0 Å². The molecule has 1 fully saturated rings. The van der Waals surface area contributed by atoms with Gasteiger partial charge in [0.05, 0.1) is 30.6 Å². The van der Waals surface area contributed by atoms with E-state index in [-0.39, 0.29) is 0 Å². The second kappa shape index (κ2) is 7.56. The van der Waals surface area contributed by atoms with Crippen LogP contribution in [0.4, 0.5) is 0 Å². The van der Waals surface area contributed by atoms with E-state index < -0.39 is 6.10 Å². The Labute approximate surface area is 153 Å². The summed E-state index contributed by atoms with van der Waals surface area (Å²) in [4.78, 5) is 2.39. The Hall–Kier alpha value is -1.24. The summed E-state index contributed by atoms with van der Waals surface area (Å²) in [6, 6.07) is 6.27. The molecule has 1 saturated carbocycles. The summed E-state index contributed by atoms with van der Waals surface area (Å²) in [6.07, 6.45) is 6.26. The molecule has 1 N–H and O–H groups in total. The molecule has 1 aliphatic carbocycles. The van der Waals surface area contributed by atoms with Crippen molar-refractivity contribution in [3.8, 4) is 0 Å². The second-order valence-corrected chi connectivity index (χ2v) is 8.57. The summed E-state index contributed by atoms with van der Waals surface area (Å²) >= 11 is 1.92. The summed E-state index contributed by atoms with van der Waals surface area (Å²) in [5, 5.41) is 16.0. The van der Waals surface area contributed by atoms with Crippen LogP contribution >= 0.6 is 11.8 Å². The topological polar surface area (TPSA) is 54.4 Å². The second-order valence-electron chi connectivity index (χ2n) is 7.27. The van der Waals surface area contributed by atoms with Crippen LogP contribution in [-0.4, -0.2) is 31.6 Å². The Morgan fingerprint density at radius 1 is 1.28 bits per heavy atom. The molecule has 2 aromatic heterocycles. The highest BCUT2D eigenvalue weighted by molar-refractivity contribution is 7.99. The van der Waals surface area contributed by atoms with E-state index in [0.717, 1.165) is 48.0 Å². The maximum absolute atomic E-state index is 9.70. The maximum Gasteiger partial charge on any atom is 0.160 e. The lowest BCUT2D eigenvalue weighted by atomic mass is 10.0. The first-order chi connectivity index (χ1) is 12.2. The molecule has 4 rings (SSSR count). The smallest absolute Gasteiger partial charge is 0.160 e. The minimum absolute atomic E-state index is 0.504. The van der Waals surface area contributed by atoms with Crippen molar-refractivity contribution in [1.82, 2.24) is 14.7 Å². The third-order valence-corrected chi connectivity index (χ3v) is 6.43. The van der Waals surface area contributed by atoms with E-state index in [0.29, 0.717) is 0 Å². The number of furan rings is 1. The van der Waals surface area contributed by atoms with Crippen molar-refractivity contribution in [2.45, 2.75) is 75.1 Å². The van der Waals surface area contributed by atoms with Gasteiger partial charge in [-0.05, 0) is 38.0 Å². The zero-order valence-electron chi connectivity index (χ0n) is 14.9. The molecule has 0 aromatic carbocycles. The molecule has 3 heterocycles. The molecule has 2 aliphatic rings. The highest BCUT2D eigenvalue weighted by Crippen LogP contribution is 2.34. The lowest BCUT2D eigenvalue weighted by Gasteiger charge is -2.26. The average Bonchev–Trinajstić information content (AvgIpc) is 3.22. The lowest BCUT2D eigenvalue weighted by molar-refractivity contribution is 0.182. The van der Waals surface area contributed by atoms with Crippen LogP contribution < -0.4 is 0 Å². The van der Waals surface area contributed by atoms with Gasteiger partial charge in [-0.25, -0.2) is 0 Å². The Kier molecular flexibility index (Phi) is 5.20. The van der Waals surface area contributed by atoms with Gasteiger partial charge in [0.15, 0.2) is 5.09 Å². The van der Waals surface area contributed by atoms with E-state index in [4.69, 9.17) is 4.42 Å². The highest BCUT2D eigenvalue weighted by atomic mass is 32.2. The molecule has 0 bridgehead atoms. The normalized spacial score (nSPS) is 20.6. The van der Waals surface area contributed by atoms with Gasteiger partial charge in [0.25, 0.3) is 0 Å². The van der Waals surface area contributed by atoms with Crippen LogP contribution in [0.5, 0.6) is 0 Å². The van der Waals surface area contributed by atoms with Crippen molar-refractivity contribution in [1.29, 1.82) is 0 Å². The first kappa shape index (κ1) is 17.2. The van der Waals surface area contributed by atoms with Gasteiger partial charge in [-0.15, -0.1) is 0 Å². The lowest BCUT2D eigenvalue weighted by Crippen LogP contribution is -2.33. The fourth-order valence-electron chi connectivity index (χ4n) is 3.76. The Bertz CT molecular complexity index is 703. The largest absolute Gasteiger partial charge is 0.454 e. The molecule has 0 saturated heterocycles. The Morgan fingerprint density at radius 2 is 2.12 bits per heavy atom. The quantitative estimate of drug-likeness (QED) is 0.873. The van der Waals surface area contributed by atoms with E-state index in [2.05, 4.69) is 22.1 Å². The number of thioether (sulfide) groups is 1. The molecule has 0 radical (unpaired) electrons. The molecule has 136 valence electrons. The van der Waals surface area contributed by atoms with E-state index >= 15 is 0 Å². The van der Waals surface area contributed by atoms with Crippen molar-refractivity contribution < 1.29 is 9.52 Å². The van der Waals surface area contributed by atoms with E-state index in [1.807, 2.05) is 22.5 Å². The van der Waals surface area contributed by atoms with E-state index in [1.165, 1.54) is 37.8 Å². The van der Waals surface area contributed by atoms with Gasteiger partial charge in [0.1, 0.15) is 5.76 Å². The summed E-state index contributed by atoms with van der Waals surface area (Å²) < 4.78 is 8.10. The van der Waals surface area contributed by atoms with E-state index in [9.17, 15) is 5.11 Å². The minimum Gasteiger partial charge on any atom is -0.454 e. The predicted molar refractivity (Wildman–Crippen MR) is 98.4 cm³/mol. The summed E-state index contributed by atoms with van der Waals surface area (Å²) in [7, 11) is 0. The molecule has 1 unspecified atom stereocenters. The molecule has 2 aromatic rings. The molecular formula is C19H27N3O2S. The van der Waals surface area contributed by atoms with Gasteiger partial charge < -0.3 is 9.52 Å². The van der Waals surface area contributed by atoms with Crippen molar-refractivity contribution in [3.63, 3.8) is 0 Å². The summed E-state index contributed by atoms with van der Waals surface area (Å²) in [5.41, 5.74) is 1.94. The van der Waals surface area contributed by atoms with Crippen LogP contribution in [0.1, 0.15) is 62.3 Å². The van der Waals surface area contributed by atoms with Crippen molar-refractivity contribution in [3.05, 3.63) is 35.3 Å². The predicted octanol–water partition coefficient (Wildman–Crippen LogP) is 3.97. The molecule has 1 aliphatic heterocycles. The van der Waals surface area contributed by atoms with Gasteiger partial charge in [0.2, 0.25) is 0 Å². The standard InChI is InChI=1S/C19H27N3O2S/c1-14(23)18-11-15-12-21(9-10-22(15)20-18)13-16-7-8-19(24-16)25-17-5-3-2-4-6-17/h7-8,11,14,17,23H,2-6,9-10,12-13H2,1H3. The van der Waals surface area contributed by atoms with Gasteiger partial charge in [0, 0.05) is 18.3 Å². The van der Waals surface area contributed by atoms with Crippen molar-refractivity contribution in [2.24, 2.45) is 0 Å². The Morgan fingerprint density at radius 3 is 2.92 bits per heavy atom. The van der Waals surface area contributed by atoms with Crippen LogP contribution in [0, 0.1) is 0 Å². The monoisotopic (exact) mass is 361 g/mol.